The Morgan fingerprint density at radius 2 is 1.34 bits per heavy atom. The molecule has 0 aromatic heterocycles. The van der Waals surface area contributed by atoms with Crippen molar-refractivity contribution in [2.24, 2.45) is 17.8 Å². The summed E-state index contributed by atoms with van der Waals surface area (Å²) < 4.78 is 0. The molecule has 1 unspecified atom stereocenters. The van der Waals surface area contributed by atoms with Crippen LogP contribution in [0.25, 0.3) is 0 Å². The van der Waals surface area contributed by atoms with Crippen LogP contribution in [0.1, 0.15) is 93.4 Å². The second kappa shape index (κ2) is 9.67. The first-order valence-corrected chi connectivity index (χ1v) is 12.0. The number of hydrogen-bond acceptors (Lipinski definition) is 0. The number of fused-ring (bicyclic) bond motifs is 1. The molecule has 2 aliphatic carbocycles. The fourth-order valence-corrected chi connectivity index (χ4v) is 5.69. The highest BCUT2D eigenvalue weighted by atomic mass is 14.4. The summed E-state index contributed by atoms with van der Waals surface area (Å²) in [5, 5.41) is 0. The molecule has 4 rings (SSSR count). The third-order valence-electron chi connectivity index (χ3n) is 7.52. The molecule has 0 radical (unpaired) electrons. The van der Waals surface area contributed by atoms with E-state index < -0.39 is 0 Å². The van der Waals surface area contributed by atoms with Crippen molar-refractivity contribution < 1.29 is 0 Å². The van der Waals surface area contributed by atoms with Crippen molar-refractivity contribution in [1.29, 1.82) is 0 Å². The van der Waals surface area contributed by atoms with Gasteiger partial charge in [-0.3, -0.25) is 0 Å². The van der Waals surface area contributed by atoms with Crippen molar-refractivity contribution in [2.75, 3.05) is 0 Å². The molecular formula is C29H36. The van der Waals surface area contributed by atoms with Gasteiger partial charge in [-0.15, -0.1) is 0 Å². The van der Waals surface area contributed by atoms with Crippen LogP contribution in [-0.2, 0) is 6.42 Å². The fraction of sp³-hybridized carbons (Fsp3) is 0.517. The molecule has 0 bridgehead atoms. The third-order valence-corrected chi connectivity index (χ3v) is 7.52. The number of hydrogen-bond donors (Lipinski definition) is 0. The van der Waals surface area contributed by atoms with Crippen molar-refractivity contribution in [3.8, 4) is 11.8 Å². The van der Waals surface area contributed by atoms with Crippen LogP contribution in [0.4, 0.5) is 0 Å². The Labute approximate surface area is 178 Å². The lowest BCUT2D eigenvalue weighted by Crippen LogP contribution is -2.30. The van der Waals surface area contributed by atoms with Crippen LogP contribution in [0.3, 0.4) is 0 Å². The lowest BCUT2D eigenvalue weighted by Gasteiger charge is -2.42. The molecule has 0 N–H and O–H groups in total. The molecule has 0 amide bonds. The van der Waals surface area contributed by atoms with E-state index in [1.165, 1.54) is 62.5 Å². The Morgan fingerprint density at radius 3 is 2.00 bits per heavy atom. The smallest absolute Gasteiger partial charge is 0.0249 e. The van der Waals surface area contributed by atoms with Gasteiger partial charge in [-0.2, -0.15) is 0 Å². The maximum Gasteiger partial charge on any atom is 0.0249 e. The first kappa shape index (κ1) is 20.3. The Balaban J connectivity index is 1.36. The van der Waals surface area contributed by atoms with Crippen LogP contribution in [0.5, 0.6) is 0 Å². The van der Waals surface area contributed by atoms with E-state index in [4.69, 9.17) is 0 Å². The number of benzene rings is 2. The highest BCUT2D eigenvalue weighted by Crippen LogP contribution is 2.48. The predicted molar refractivity (Wildman–Crippen MR) is 124 cm³/mol. The van der Waals surface area contributed by atoms with Crippen LogP contribution in [-0.4, -0.2) is 0 Å². The van der Waals surface area contributed by atoms with Gasteiger partial charge in [-0.05, 0) is 97.6 Å². The molecule has 0 spiro atoms. The fourth-order valence-electron chi connectivity index (χ4n) is 5.69. The third kappa shape index (κ3) is 5.14. The minimum absolute atomic E-state index is 0.766. The molecular weight excluding hydrogens is 348 g/mol. The predicted octanol–water partition coefficient (Wildman–Crippen LogP) is 7.75. The summed E-state index contributed by atoms with van der Waals surface area (Å²) in [6.07, 6.45) is 12.4. The maximum atomic E-state index is 3.35. The van der Waals surface area contributed by atoms with E-state index in [2.05, 4.69) is 74.2 Å². The van der Waals surface area contributed by atoms with E-state index in [-0.39, 0.29) is 0 Å². The summed E-state index contributed by atoms with van der Waals surface area (Å²) in [6.45, 7) is 4.60. The minimum atomic E-state index is 0.766. The van der Waals surface area contributed by atoms with E-state index in [1.54, 1.807) is 0 Å². The highest BCUT2D eigenvalue weighted by molar-refractivity contribution is 5.44. The molecule has 2 aliphatic rings. The Hall–Kier alpha value is -2.00. The van der Waals surface area contributed by atoms with Crippen LogP contribution in [0, 0.1) is 29.6 Å². The Kier molecular flexibility index (Phi) is 6.76. The van der Waals surface area contributed by atoms with Crippen molar-refractivity contribution in [1.82, 2.24) is 0 Å². The largest absolute Gasteiger partial charge is 0.0651 e. The van der Waals surface area contributed by atoms with Crippen LogP contribution in [0.15, 0.2) is 48.5 Å². The highest BCUT2D eigenvalue weighted by Gasteiger charge is 2.35. The van der Waals surface area contributed by atoms with Gasteiger partial charge in [0.05, 0.1) is 0 Å². The van der Waals surface area contributed by atoms with Gasteiger partial charge in [0.25, 0.3) is 0 Å². The van der Waals surface area contributed by atoms with Gasteiger partial charge in [-0.25, -0.2) is 0 Å². The van der Waals surface area contributed by atoms with Gasteiger partial charge in [0.2, 0.25) is 0 Å². The molecule has 2 saturated carbocycles. The van der Waals surface area contributed by atoms with Crippen LogP contribution in [0.2, 0.25) is 0 Å². The standard InChI is InChI=1S/C29H36/c1-3-5-23-6-8-24(9-7-23)10-11-25-13-15-26(16-14-25)28-19-18-27-20-22(4-2)12-17-29(27)21-28/h6-9,13-16,22,27-29H,3-5,12,17-21H2,1-2H3/t22?,27-,28-,29-/m1/s1. The maximum absolute atomic E-state index is 3.35. The Morgan fingerprint density at radius 1 is 0.724 bits per heavy atom. The van der Waals surface area contributed by atoms with Crippen molar-refractivity contribution in [3.63, 3.8) is 0 Å². The van der Waals surface area contributed by atoms with Crippen molar-refractivity contribution >= 4 is 0 Å². The van der Waals surface area contributed by atoms with E-state index in [9.17, 15) is 0 Å². The molecule has 0 heteroatoms. The lowest BCUT2D eigenvalue weighted by molar-refractivity contribution is 0.116. The summed E-state index contributed by atoms with van der Waals surface area (Å²) in [5.41, 5.74) is 5.18. The van der Waals surface area contributed by atoms with Gasteiger partial charge in [0, 0.05) is 11.1 Å². The second-order valence-corrected chi connectivity index (χ2v) is 9.44. The Bertz CT molecular complexity index is 830. The molecule has 0 aliphatic heterocycles. The first-order chi connectivity index (χ1) is 14.2. The second-order valence-electron chi connectivity index (χ2n) is 9.44. The quantitative estimate of drug-likeness (QED) is 0.473. The minimum Gasteiger partial charge on any atom is -0.0651 e. The number of aryl methyl sites for hydroxylation is 1. The SMILES string of the molecule is CCCc1ccc(C#Cc2ccc([C@@H]3CC[C@@H]4CC(CC)CC[C@@H]4C3)cc2)cc1. The summed E-state index contributed by atoms with van der Waals surface area (Å²) in [6, 6.07) is 17.9. The van der Waals surface area contributed by atoms with E-state index in [0.29, 0.717) is 0 Å². The van der Waals surface area contributed by atoms with E-state index in [1.807, 2.05) is 0 Å². The topological polar surface area (TPSA) is 0 Å². The van der Waals surface area contributed by atoms with Gasteiger partial charge < -0.3 is 0 Å². The van der Waals surface area contributed by atoms with E-state index in [0.717, 1.165) is 41.2 Å². The molecule has 0 saturated heterocycles. The lowest BCUT2D eigenvalue weighted by atomic mass is 9.63. The first-order valence-electron chi connectivity index (χ1n) is 12.0. The molecule has 152 valence electrons. The van der Waals surface area contributed by atoms with E-state index >= 15 is 0 Å². The summed E-state index contributed by atoms with van der Waals surface area (Å²) in [4.78, 5) is 0. The van der Waals surface area contributed by atoms with Crippen LogP contribution >= 0.6 is 0 Å². The summed E-state index contributed by atoms with van der Waals surface area (Å²) in [5.74, 6) is 10.4. The van der Waals surface area contributed by atoms with Crippen molar-refractivity contribution in [3.05, 3.63) is 70.8 Å². The molecule has 2 aromatic carbocycles. The zero-order valence-corrected chi connectivity index (χ0v) is 18.3. The normalized spacial score (nSPS) is 26.3. The molecule has 0 nitrogen and oxygen atoms in total. The molecule has 4 atom stereocenters. The molecule has 0 heterocycles. The molecule has 2 fully saturated rings. The average Bonchev–Trinajstić information content (AvgIpc) is 2.78. The summed E-state index contributed by atoms with van der Waals surface area (Å²) in [7, 11) is 0. The zero-order chi connectivity index (χ0) is 20.1. The van der Waals surface area contributed by atoms with Gasteiger partial charge in [0.15, 0.2) is 0 Å². The van der Waals surface area contributed by atoms with Gasteiger partial charge >= 0.3 is 0 Å². The number of rotatable bonds is 4. The van der Waals surface area contributed by atoms with Gasteiger partial charge in [-0.1, -0.05) is 69.2 Å². The molecule has 29 heavy (non-hydrogen) atoms. The van der Waals surface area contributed by atoms with Crippen LogP contribution < -0.4 is 0 Å². The molecule has 2 aromatic rings. The van der Waals surface area contributed by atoms with Gasteiger partial charge in [0.1, 0.15) is 0 Å². The zero-order valence-electron chi connectivity index (χ0n) is 18.3. The summed E-state index contributed by atoms with van der Waals surface area (Å²) >= 11 is 0. The monoisotopic (exact) mass is 384 g/mol. The average molecular weight is 385 g/mol. The van der Waals surface area contributed by atoms with Crippen molar-refractivity contribution in [2.45, 2.75) is 77.6 Å².